The van der Waals surface area contributed by atoms with Crippen molar-refractivity contribution in [3.05, 3.63) is 12.7 Å². The molecule has 0 N–H and O–H groups in total. The molecule has 24 heavy (non-hydrogen) atoms. The van der Waals surface area contributed by atoms with Gasteiger partial charge in [-0.1, -0.05) is 122 Å². The van der Waals surface area contributed by atoms with Gasteiger partial charge in [-0.3, -0.25) is 0 Å². The molecule has 0 bridgehead atoms. The minimum atomic E-state index is 0.939. The molecule has 142 valence electrons. The second-order valence-corrected chi connectivity index (χ2v) is 8.45. The largest absolute Gasteiger partial charge is 0.103 e. The van der Waals surface area contributed by atoms with Crippen molar-refractivity contribution in [1.82, 2.24) is 0 Å². The van der Waals surface area contributed by atoms with Gasteiger partial charge in [-0.2, -0.15) is 0 Å². The molecule has 0 aromatic heterocycles. The maximum atomic E-state index is 3.98. The van der Waals surface area contributed by atoms with E-state index in [0.717, 1.165) is 11.8 Å². The number of unbranched alkanes of at least 4 members (excludes halogenated alkanes) is 11. The Labute approximate surface area is 153 Å². The van der Waals surface area contributed by atoms with E-state index in [1.165, 1.54) is 122 Å². The lowest BCUT2D eigenvalue weighted by Crippen LogP contribution is -2.06. The van der Waals surface area contributed by atoms with Crippen LogP contribution in [0, 0.1) is 11.8 Å². The molecule has 0 saturated heterocycles. The van der Waals surface area contributed by atoms with Crippen LogP contribution < -0.4 is 0 Å². The summed E-state index contributed by atoms with van der Waals surface area (Å²) in [6, 6.07) is 0. The van der Waals surface area contributed by atoms with Crippen LogP contribution in [0.4, 0.5) is 0 Å². The van der Waals surface area contributed by atoms with Gasteiger partial charge in [0.25, 0.3) is 0 Å². The zero-order valence-electron chi connectivity index (χ0n) is 16.9. The average molecular weight is 335 g/mol. The number of hydrogen-bond acceptors (Lipinski definition) is 0. The highest BCUT2D eigenvalue weighted by Crippen LogP contribution is 2.33. The Hall–Kier alpha value is -0.260. The Bertz CT molecular complexity index is 261. The second kappa shape index (κ2) is 16.2. The molecule has 1 unspecified atom stereocenters. The Morgan fingerprint density at radius 1 is 0.792 bits per heavy atom. The van der Waals surface area contributed by atoms with E-state index in [1.54, 1.807) is 0 Å². The second-order valence-electron chi connectivity index (χ2n) is 8.45. The van der Waals surface area contributed by atoms with E-state index in [2.05, 4.69) is 19.6 Å². The quantitative estimate of drug-likeness (QED) is 0.184. The van der Waals surface area contributed by atoms with Crippen LogP contribution >= 0.6 is 0 Å². The van der Waals surface area contributed by atoms with Crippen molar-refractivity contribution in [1.29, 1.82) is 0 Å². The van der Waals surface area contributed by atoms with E-state index in [-0.39, 0.29) is 0 Å². The first kappa shape index (κ1) is 21.8. The van der Waals surface area contributed by atoms with E-state index in [0.29, 0.717) is 0 Å². The lowest BCUT2D eigenvalue weighted by molar-refractivity contribution is 0.347. The Kier molecular flexibility index (Phi) is 14.7. The summed E-state index contributed by atoms with van der Waals surface area (Å²) in [5.41, 5.74) is 0. The van der Waals surface area contributed by atoms with Gasteiger partial charge in [-0.25, -0.2) is 0 Å². The van der Waals surface area contributed by atoms with Gasteiger partial charge in [-0.15, -0.1) is 6.58 Å². The van der Waals surface area contributed by atoms with E-state index in [4.69, 9.17) is 0 Å². The molecule has 0 heteroatoms. The third kappa shape index (κ3) is 12.2. The van der Waals surface area contributed by atoms with Crippen molar-refractivity contribution in [2.75, 3.05) is 0 Å². The highest BCUT2D eigenvalue weighted by Gasteiger charge is 2.19. The first-order valence-electron chi connectivity index (χ1n) is 11.5. The zero-order chi connectivity index (χ0) is 17.3. The van der Waals surface area contributed by atoms with Crippen LogP contribution in [0.15, 0.2) is 12.7 Å². The summed E-state index contributed by atoms with van der Waals surface area (Å²) in [5.74, 6) is 1.99. The first-order chi connectivity index (χ1) is 11.9. The average Bonchev–Trinajstić information content (AvgIpc) is 3.09. The van der Waals surface area contributed by atoms with Crippen molar-refractivity contribution in [3.8, 4) is 0 Å². The third-order valence-electron chi connectivity index (χ3n) is 6.11. The predicted octanol–water partition coefficient (Wildman–Crippen LogP) is 8.85. The Morgan fingerprint density at radius 3 is 1.79 bits per heavy atom. The third-order valence-corrected chi connectivity index (χ3v) is 6.11. The van der Waals surface area contributed by atoms with E-state index in [9.17, 15) is 0 Å². The molecule has 0 aromatic rings. The molecule has 1 aliphatic rings. The fourth-order valence-corrected chi connectivity index (χ4v) is 4.56. The normalized spacial score (nSPS) is 16.5. The summed E-state index contributed by atoms with van der Waals surface area (Å²) in [7, 11) is 0. The maximum absolute atomic E-state index is 3.98. The fraction of sp³-hybridized carbons (Fsp3) is 0.917. The molecular formula is C24H46. The SMILES string of the molecule is C=CCC(CCCCCCCCCCCCCC)CC1CCCC1. The number of rotatable bonds is 17. The van der Waals surface area contributed by atoms with E-state index >= 15 is 0 Å². The van der Waals surface area contributed by atoms with Gasteiger partial charge >= 0.3 is 0 Å². The van der Waals surface area contributed by atoms with Gasteiger partial charge < -0.3 is 0 Å². The zero-order valence-corrected chi connectivity index (χ0v) is 16.9. The highest BCUT2D eigenvalue weighted by atomic mass is 14.2. The number of hydrogen-bond donors (Lipinski definition) is 0. The first-order valence-corrected chi connectivity index (χ1v) is 11.5. The summed E-state index contributed by atoms with van der Waals surface area (Å²) < 4.78 is 0. The van der Waals surface area contributed by atoms with E-state index < -0.39 is 0 Å². The van der Waals surface area contributed by atoms with Gasteiger partial charge in [0, 0.05) is 0 Å². The Balaban J connectivity index is 1.87. The summed E-state index contributed by atoms with van der Waals surface area (Å²) in [6.45, 7) is 6.28. The minimum Gasteiger partial charge on any atom is -0.103 e. The topological polar surface area (TPSA) is 0 Å². The monoisotopic (exact) mass is 334 g/mol. The molecule has 1 fully saturated rings. The van der Waals surface area contributed by atoms with Gasteiger partial charge in [0.05, 0.1) is 0 Å². The van der Waals surface area contributed by atoms with Crippen molar-refractivity contribution in [3.63, 3.8) is 0 Å². The highest BCUT2D eigenvalue weighted by molar-refractivity contribution is 4.77. The fourth-order valence-electron chi connectivity index (χ4n) is 4.56. The Morgan fingerprint density at radius 2 is 1.29 bits per heavy atom. The molecular weight excluding hydrogens is 288 g/mol. The van der Waals surface area contributed by atoms with Crippen molar-refractivity contribution in [2.45, 2.75) is 129 Å². The molecule has 1 saturated carbocycles. The lowest BCUT2D eigenvalue weighted by atomic mass is 9.87. The molecule has 1 atom stereocenters. The van der Waals surface area contributed by atoms with Crippen LogP contribution in [-0.4, -0.2) is 0 Å². The smallest absolute Gasteiger partial charge is 0.0325 e. The van der Waals surface area contributed by atoms with Gasteiger partial charge in [-0.05, 0) is 24.7 Å². The minimum absolute atomic E-state index is 0.939. The molecule has 0 heterocycles. The lowest BCUT2D eigenvalue weighted by Gasteiger charge is -2.19. The summed E-state index contributed by atoms with van der Waals surface area (Å²) in [5, 5.41) is 0. The predicted molar refractivity (Wildman–Crippen MR) is 111 cm³/mol. The molecule has 1 rings (SSSR count). The number of allylic oxidation sites excluding steroid dienone is 1. The van der Waals surface area contributed by atoms with Crippen LogP contribution in [0.25, 0.3) is 0 Å². The summed E-state index contributed by atoms with van der Waals surface area (Å²) >= 11 is 0. The molecule has 0 aliphatic heterocycles. The molecule has 1 aliphatic carbocycles. The van der Waals surface area contributed by atoms with Gasteiger partial charge in [0.2, 0.25) is 0 Å². The molecule has 0 radical (unpaired) electrons. The van der Waals surface area contributed by atoms with Crippen LogP contribution in [0.5, 0.6) is 0 Å². The van der Waals surface area contributed by atoms with Crippen LogP contribution in [0.1, 0.15) is 129 Å². The molecule has 0 amide bonds. The molecule has 0 aromatic carbocycles. The van der Waals surface area contributed by atoms with Crippen LogP contribution in [-0.2, 0) is 0 Å². The van der Waals surface area contributed by atoms with Gasteiger partial charge in [0.1, 0.15) is 0 Å². The van der Waals surface area contributed by atoms with Crippen LogP contribution in [0.3, 0.4) is 0 Å². The van der Waals surface area contributed by atoms with Crippen molar-refractivity contribution >= 4 is 0 Å². The maximum Gasteiger partial charge on any atom is -0.0325 e. The molecule has 0 spiro atoms. The van der Waals surface area contributed by atoms with E-state index in [1.807, 2.05) is 0 Å². The van der Waals surface area contributed by atoms with Gasteiger partial charge in [0.15, 0.2) is 0 Å². The standard InChI is InChI=1S/C24H46/c1-3-5-6-7-8-9-10-11-12-13-14-15-19-23(18-4-2)22-24-20-16-17-21-24/h4,23-24H,2-3,5-22H2,1H3. The molecule has 0 nitrogen and oxygen atoms in total. The van der Waals surface area contributed by atoms with Crippen molar-refractivity contribution in [2.24, 2.45) is 11.8 Å². The van der Waals surface area contributed by atoms with Crippen molar-refractivity contribution < 1.29 is 0 Å². The van der Waals surface area contributed by atoms with Crippen LogP contribution in [0.2, 0.25) is 0 Å². The summed E-state index contributed by atoms with van der Waals surface area (Å²) in [6.07, 6.45) is 29.9. The summed E-state index contributed by atoms with van der Waals surface area (Å²) in [4.78, 5) is 0.